The Morgan fingerprint density at radius 3 is 2.70 bits per heavy atom. The lowest BCUT2D eigenvalue weighted by atomic mass is 9.88. The average molecular weight is 456 g/mol. The molecule has 4 heterocycles. The van der Waals surface area contributed by atoms with E-state index in [2.05, 4.69) is 25.4 Å². The maximum atomic E-state index is 12.0. The maximum absolute atomic E-state index is 12.0. The highest BCUT2D eigenvalue weighted by Crippen LogP contribution is 2.35. The summed E-state index contributed by atoms with van der Waals surface area (Å²) >= 11 is 0. The molecule has 2 fully saturated rings. The molecule has 1 aliphatic carbocycles. The Bertz CT molecular complexity index is 940. The molecule has 33 heavy (non-hydrogen) atoms. The summed E-state index contributed by atoms with van der Waals surface area (Å²) in [5, 5.41) is 18.3. The molecule has 178 valence electrons. The van der Waals surface area contributed by atoms with E-state index in [-0.39, 0.29) is 11.4 Å². The van der Waals surface area contributed by atoms with Crippen molar-refractivity contribution in [1.82, 2.24) is 25.4 Å². The molecule has 0 radical (unpaired) electrons. The zero-order valence-corrected chi connectivity index (χ0v) is 19.4. The second-order valence-corrected chi connectivity index (χ2v) is 9.43. The number of carbonyl (C=O) groups is 1. The number of aliphatic hydroxyl groups is 1. The Kier molecular flexibility index (Phi) is 6.09. The van der Waals surface area contributed by atoms with Gasteiger partial charge >= 0.3 is 0 Å². The second-order valence-electron chi connectivity index (χ2n) is 9.43. The summed E-state index contributed by atoms with van der Waals surface area (Å²) in [7, 11) is 1.85. The predicted molar refractivity (Wildman–Crippen MR) is 124 cm³/mol. The van der Waals surface area contributed by atoms with Gasteiger partial charge in [0.15, 0.2) is 5.78 Å². The summed E-state index contributed by atoms with van der Waals surface area (Å²) in [5.41, 5.74) is 5.62. The number of hydrazine groups is 2. The van der Waals surface area contributed by atoms with Crippen LogP contribution in [0.1, 0.15) is 44.3 Å². The van der Waals surface area contributed by atoms with E-state index < -0.39 is 6.10 Å². The molecule has 0 saturated carbocycles. The third-order valence-electron chi connectivity index (χ3n) is 7.35. The molecule has 2 saturated heterocycles. The summed E-state index contributed by atoms with van der Waals surface area (Å²) in [4.78, 5) is 21.2. The maximum Gasteiger partial charge on any atom is 0.160 e. The first-order valence-electron chi connectivity index (χ1n) is 11.7. The highest BCUT2D eigenvalue weighted by molar-refractivity contribution is 5.97. The summed E-state index contributed by atoms with van der Waals surface area (Å²) in [6.45, 7) is 6.73. The first-order chi connectivity index (χ1) is 15.9. The highest BCUT2D eigenvalue weighted by atomic mass is 16.5. The number of aliphatic hydroxyl groups excluding tert-OH is 1. The number of β-amino-alcohol motifs (C(OH)–C–C–N with tert-alkyl or cyclic N) is 1. The topological polar surface area (TPSA) is 96.8 Å². The number of hydrogen-bond donors (Lipinski definition) is 2. The lowest BCUT2D eigenvalue weighted by Crippen LogP contribution is -2.56. The molecule has 0 amide bonds. The quantitative estimate of drug-likeness (QED) is 0.675. The van der Waals surface area contributed by atoms with Gasteiger partial charge in [-0.1, -0.05) is 6.07 Å². The van der Waals surface area contributed by atoms with E-state index in [1.165, 1.54) is 5.70 Å². The van der Waals surface area contributed by atoms with Gasteiger partial charge in [-0.25, -0.2) is 15.5 Å². The SMILES string of the molecule is CC1=C(N2CCOC3(CCN(C[C@H](O)c4ccc(N5C=NNN5C)nc4)CC3)C2)CCC1=O. The number of ketones is 1. The van der Waals surface area contributed by atoms with E-state index in [0.717, 1.165) is 62.4 Å². The Morgan fingerprint density at radius 1 is 1.24 bits per heavy atom. The van der Waals surface area contributed by atoms with Gasteiger partial charge in [0.2, 0.25) is 0 Å². The first kappa shape index (κ1) is 22.3. The molecule has 0 unspecified atom stereocenters. The Morgan fingerprint density at radius 2 is 2.06 bits per heavy atom. The number of allylic oxidation sites excluding steroid dienone is 2. The number of hydrogen-bond acceptors (Lipinski definition) is 10. The minimum absolute atomic E-state index is 0.154. The lowest BCUT2D eigenvalue weighted by Gasteiger charge is -2.48. The zero-order valence-electron chi connectivity index (χ0n) is 19.4. The van der Waals surface area contributed by atoms with Gasteiger partial charge < -0.3 is 19.6 Å². The summed E-state index contributed by atoms with van der Waals surface area (Å²) in [6, 6.07) is 3.80. The van der Waals surface area contributed by atoms with Gasteiger partial charge in [-0.05, 0) is 32.3 Å². The molecule has 0 bridgehead atoms. The Balaban J connectivity index is 1.15. The molecule has 5 rings (SSSR count). The van der Waals surface area contributed by atoms with Crippen LogP contribution in [0.3, 0.4) is 0 Å². The van der Waals surface area contributed by atoms with Crippen LogP contribution in [0.4, 0.5) is 5.82 Å². The van der Waals surface area contributed by atoms with Crippen molar-refractivity contribution in [2.45, 2.75) is 44.3 Å². The minimum atomic E-state index is -0.593. The van der Waals surface area contributed by atoms with Crippen molar-refractivity contribution in [3.8, 4) is 0 Å². The van der Waals surface area contributed by atoms with Crippen LogP contribution < -0.4 is 10.5 Å². The molecule has 10 nitrogen and oxygen atoms in total. The number of anilines is 1. The van der Waals surface area contributed by atoms with Crippen molar-refractivity contribution in [2.24, 2.45) is 5.10 Å². The van der Waals surface area contributed by atoms with Gasteiger partial charge in [0.1, 0.15) is 12.2 Å². The molecule has 2 N–H and O–H groups in total. The summed E-state index contributed by atoms with van der Waals surface area (Å²) < 4.78 is 6.29. The van der Waals surface area contributed by atoms with Crippen LogP contribution in [-0.2, 0) is 9.53 Å². The van der Waals surface area contributed by atoms with Crippen LogP contribution >= 0.6 is 0 Å². The van der Waals surface area contributed by atoms with E-state index >= 15 is 0 Å². The molecule has 10 heteroatoms. The van der Waals surface area contributed by atoms with E-state index in [1.54, 1.807) is 22.7 Å². The molecular weight excluding hydrogens is 422 g/mol. The van der Waals surface area contributed by atoms with Crippen LogP contribution in [0.5, 0.6) is 0 Å². The van der Waals surface area contributed by atoms with Crippen molar-refractivity contribution in [3.63, 3.8) is 0 Å². The second kappa shape index (κ2) is 9.02. The van der Waals surface area contributed by atoms with Crippen LogP contribution in [0.2, 0.25) is 0 Å². The molecule has 1 aromatic heterocycles. The lowest BCUT2D eigenvalue weighted by molar-refractivity contribution is -0.131. The molecule has 3 aliphatic heterocycles. The number of morpholine rings is 1. The van der Waals surface area contributed by atoms with Gasteiger partial charge in [0.25, 0.3) is 0 Å². The van der Waals surface area contributed by atoms with Gasteiger partial charge in [-0.2, -0.15) is 5.10 Å². The first-order valence-corrected chi connectivity index (χ1v) is 11.7. The van der Waals surface area contributed by atoms with Crippen molar-refractivity contribution < 1.29 is 14.6 Å². The molecule has 1 aromatic rings. The number of rotatable bonds is 5. The van der Waals surface area contributed by atoms with Crippen LogP contribution in [0, 0.1) is 0 Å². The predicted octanol–water partition coefficient (Wildman–Crippen LogP) is 1.03. The zero-order chi connectivity index (χ0) is 23.0. The third-order valence-corrected chi connectivity index (χ3v) is 7.35. The number of hydrazone groups is 1. The molecule has 0 aromatic carbocycles. The number of piperidine rings is 1. The summed E-state index contributed by atoms with van der Waals surface area (Å²) in [6.07, 6.45) is 6.16. The molecule has 1 spiro atoms. The van der Waals surface area contributed by atoms with Crippen molar-refractivity contribution in [3.05, 3.63) is 35.2 Å². The van der Waals surface area contributed by atoms with Crippen LogP contribution in [-0.4, -0.2) is 89.1 Å². The van der Waals surface area contributed by atoms with Gasteiger partial charge in [-0.3, -0.25) is 4.79 Å². The van der Waals surface area contributed by atoms with Gasteiger partial charge in [0, 0.05) is 69.2 Å². The Hall–Kier alpha value is -2.53. The van der Waals surface area contributed by atoms with E-state index in [0.29, 0.717) is 19.6 Å². The molecule has 1 atom stereocenters. The third kappa shape index (κ3) is 4.48. The highest BCUT2D eigenvalue weighted by Gasteiger charge is 2.41. The smallest absolute Gasteiger partial charge is 0.160 e. The average Bonchev–Trinajstić information content (AvgIpc) is 3.41. The largest absolute Gasteiger partial charge is 0.387 e. The molecular formula is C23H33N7O3. The number of carbonyl (C=O) groups excluding carboxylic acids is 1. The number of pyridine rings is 1. The standard InChI is InChI=1S/C23H33N7O3/c1-17-19(4-5-20(17)31)29-11-12-33-23(15-29)7-9-28(10-8-23)14-21(32)18-3-6-22(24-13-18)30-16-25-26-27(30)2/h3,6,13,16,21,26,32H,4-5,7-12,14-15H2,1-2H3/t21-/m0/s1. The van der Waals surface area contributed by atoms with E-state index in [1.807, 2.05) is 26.1 Å². The number of nitrogens with one attached hydrogen (secondary N) is 1. The molecule has 4 aliphatic rings. The van der Waals surface area contributed by atoms with Crippen LogP contribution in [0.25, 0.3) is 0 Å². The van der Waals surface area contributed by atoms with Gasteiger partial charge in [0.05, 0.1) is 18.3 Å². The van der Waals surface area contributed by atoms with E-state index in [9.17, 15) is 9.90 Å². The number of ether oxygens (including phenoxy) is 1. The Labute approximate surface area is 194 Å². The summed E-state index contributed by atoms with van der Waals surface area (Å²) in [5.74, 6) is 1.02. The number of likely N-dealkylation sites (tertiary alicyclic amines) is 1. The minimum Gasteiger partial charge on any atom is -0.387 e. The number of nitrogens with zero attached hydrogens (tertiary/aromatic N) is 6. The van der Waals surface area contributed by atoms with E-state index in [4.69, 9.17) is 4.74 Å². The van der Waals surface area contributed by atoms with Crippen molar-refractivity contribution in [1.29, 1.82) is 0 Å². The monoisotopic (exact) mass is 455 g/mol. The number of aromatic nitrogens is 1. The van der Waals surface area contributed by atoms with Crippen molar-refractivity contribution >= 4 is 17.9 Å². The fourth-order valence-electron chi connectivity index (χ4n) is 5.27. The van der Waals surface area contributed by atoms with Crippen LogP contribution in [0.15, 0.2) is 34.7 Å². The van der Waals surface area contributed by atoms with Crippen molar-refractivity contribution in [2.75, 3.05) is 51.4 Å². The van der Waals surface area contributed by atoms with Gasteiger partial charge in [-0.15, -0.1) is 5.12 Å². The fraction of sp³-hybridized carbons (Fsp3) is 0.609. The normalized spacial score (nSPS) is 24.8. The fourth-order valence-corrected chi connectivity index (χ4v) is 5.27. The number of Topliss-reactive ketones (excluding diaryl/α,β-unsaturated/α-hetero) is 1.